The number of aryl methyl sites for hydroxylation is 2. The van der Waals surface area contributed by atoms with Gasteiger partial charge in [0.25, 0.3) is 0 Å². The molecule has 0 aromatic heterocycles. The third-order valence-electron chi connectivity index (χ3n) is 4.69. The number of hydrogen-bond acceptors (Lipinski definition) is 4. The Labute approximate surface area is 159 Å². The maximum absolute atomic E-state index is 12.2. The monoisotopic (exact) mass is 367 g/mol. The highest BCUT2D eigenvalue weighted by Crippen LogP contribution is 2.31. The molecule has 6 nitrogen and oxygen atoms in total. The molecule has 0 spiro atoms. The summed E-state index contributed by atoms with van der Waals surface area (Å²) >= 11 is 0. The Balaban J connectivity index is 1.42. The topological polar surface area (TPSA) is 93.5 Å². The van der Waals surface area contributed by atoms with Crippen LogP contribution in [0.5, 0.6) is 0 Å². The predicted octanol–water partition coefficient (Wildman–Crippen LogP) is 2.35. The summed E-state index contributed by atoms with van der Waals surface area (Å²) < 4.78 is 5.18. The molecule has 1 aliphatic rings. The number of ether oxygens (including phenoxy) is 1. The molecule has 0 bridgehead atoms. The van der Waals surface area contributed by atoms with Crippen LogP contribution in [0.25, 0.3) is 0 Å². The maximum atomic E-state index is 12.2. The van der Waals surface area contributed by atoms with Crippen LogP contribution in [0.4, 0.5) is 4.79 Å². The molecular weight excluding hydrogens is 342 g/mol. The second kappa shape index (κ2) is 8.68. The first-order valence-electron chi connectivity index (χ1n) is 9.13. The van der Waals surface area contributed by atoms with Crippen LogP contribution in [0.1, 0.15) is 34.7 Å². The highest BCUT2D eigenvalue weighted by atomic mass is 16.5. The van der Waals surface area contributed by atoms with Gasteiger partial charge in [0, 0.05) is 6.54 Å². The van der Waals surface area contributed by atoms with E-state index < -0.39 is 12.0 Å². The van der Waals surface area contributed by atoms with E-state index in [-0.39, 0.29) is 25.2 Å². The number of carbonyl (C=O) groups excluding carboxylic acids is 2. The largest absolute Gasteiger partial charge is 0.460 e. The van der Waals surface area contributed by atoms with Crippen molar-refractivity contribution in [2.45, 2.75) is 38.5 Å². The minimum absolute atomic E-state index is 0.0122. The number of rotatable bonds is 6. The molecule has 0 saturated heterocycles. The summed E-state index contributed by atoms with van der Waals surface area (Å²) in [7, 11) is 0. The molecule has 0 fully saturated rings. The molecule has 2 aromatic rings. The lowest BCUT2D eigenvalue weighted by atomic mass is 10.1. The summed E-state index contributed by atoms with van der Waals surface area (Å²) in [5.74, 6) is -0.541. The van der Waals surface area contributed by atoms with E-state index >= 15 is 0 Å². The van der Waals surface area contributed by atoms with Crippen molar-refractivity contribution in [2.24, 2.45) is 5.73 Å². The number of nitrogens with one attached hydrogen (secondary N) is 2. The number of hydrogen-bond donors (Lipinski definition) is 3. The van der Waals surface area contributed by atoms with Crippen LogP contribution in [0.2, 0.25) is 0 Å². The Kier molecular flexibility index (Phi) is 6.08. The minimum Gasteiger partial charge on any atom is -0.460 e. The average Bonchev–Trinajstić information content (AvgIpc) is 3.06. The molecule has 6 heteroatoms. The van der Waals surface area contributed by atoms with Gasteiger partial charge >= 0.3 is 12.0 Å². The van der Waals surface area contributed by atoms with E-state index in [1.807, 2.05) is 30.3 Å². The molecule has 142 valence electrons. The first kappa shape index (κ1) is 18.9. The van der Waals surface area contributed by atoms with Crippen molar-refractivity contribution >= 4 is 12.0 Å². The Morgan fingerprint density at radius 1 is 1.22 bits per heavy atom. The Hall–Kier alpha value is -2.86. The molecule has 0 aliphatic heterocycles. The second-order valence-corrected chi connectivity index (χ2v) is 6.85. The molecule has 27 heavy (non-hydrogen) atoms. The van der Waals surface area contributed by atoms with Crippen LogP contribution in [-0.4, -0.2) is 24.6 Å². The Morgan fingerprint density at radius 2 is 2.00 bits per heavy atom. The molecule has 0 saturated carbocycles. The van der Waals surface area contributed by atoms with Crippen molar-refractivity contribution in [3.8, 4) is 0 Å². The lowest BCUT2D eigenvalue weighted by molar-refractivity contribution is -0.146. The van der Waals surface area contributed by atoms with Gasteiger partial charge in [-0.3, -0.25) is 4.79 Å². The zero-order chi connectivity index (χ0) is 19.2. The Morgan fingerprint density at radius 3 is 2.78 bits per heavy atom. The van der Waals surface area contributed by atoms with Crippen molar-refractivity contribution in [2.75, 3.05) is 6.54 Å². The average molecular weight is 367 g/mol. The molecule has 0 radical (unpaired) electrons. The number of esters is 1. The van der Waals surface area contributed by atoms with Gasteiger partial charge in [0.05, 0.1) is 6.04 Å². The number of amides is 2. The predicted molar refractivity (Wildman–Crippen MR) is 103 cm³/mol. The van der Waals surface area contributed by atoms with Gasteiger partial charge in [0.2, 0.25) is 0 Å². The zero-order valence-electron chi connectivity index (χ0n) is 15.4. The van der Waals surface area contributed by atoms with Gasteiger partial charge in [-0.05, 0) is 36.5 Å². The number of fused-ring (bicyclic) bond motifs is 1. The van der Waals surface area contributed by atoms with E-state index in [2.05, 4.69) is 35.8 Å². The van der Waals surface area contributed by atoms with Crippen LogP contribution in [0.3, 0.4) is 0 Å². The highest BCUT2D eigenvalue weighted by Gasteiger charge is 2.24. The Bertz CT molecular complexity index is 808. The van der Waals surface area contributed by atoms with Crippen molar-refractivity contribution in [1.82, 2.24) is 10.6 Å². The summed E-state index contributed by atoms with van der Waals surface area (Å²) in [4.78, 5) is 24.1. The van der Waals surface area contributed by atoms with E-state index in [9.17, 15) is 9.59 Å². The number of nitrogens with two attached hydrogens (primary N) is 1. The van der Waals surface area contributed by atoms with Gasteiger partial charge in [-0.1, -0.05) is 54.1 Å². The van der Waals surface area contributed by atoms with Crippen LogP contribution in [-0.2, 0) is 22.6 Å². The zero-order valence-corrected chi connectivity index (χ0v) is 15.4. The van der Waals surface area contributed by atoms with Crippen LogP contribution < -0.4 is 16.4 Å². The quantitative estimate of drug-likeness (QED) is 0.683. The molecule has 2 amide bonds. The fraction of sp³-hybridized carbons (Fsp3) is 0.333. The highest BCUT2D eigenvalue weighted by molar-refractivity contribution is 5.78. The van der Waals surface area contributed by atoms with Crippen molar-refractivity contribution in [1.29, 1.82) is 0 Å². The summed E-state index contributed by atoms with van der Waals surface area (Å²) in [6, 6.07) is 14.4. The summed E-state index contributed by atoms with van der Waals surface area (Å²) in [6.45, 7) is 2.25. The molecule has 2 aromatic carbocycles. The first-order chi connectivity index (χ1) is 13.0. The van der Waals surface area contributed by atoms with Crippen molar-refractivity contribution in [3.63, 3.8) is 0 Å². The second-order valence-electron chi connectivity index (χ2n) is 6.85. The van der Waals surface area contributed by atoms with Crippen molar-refractivity contribution in [3.05, 3.63) is 70.8 Å². The van der Waals surface area contributed by atoms with E-state index in [1.165, 1.54) is 11.1 Å². The van der Waals surface area contributed by atoms with Gasteiger partial charge in [0.1, 0.15) is 12.6 Å². The maximum Gasteiger partial charge on any atom is 0.325 e. The standard InChI is InChI=1S/C21H25N3O3/c1-14-7-9-17-16(11-14)8-10-19(17)24-21(26)23-12-18(22)20(25)27-13-15-5-3-2-4-6-15/h2-7,9,11,18-19H,8,10,12-13,22H2,1H3,(H2,23,24,26)/t18-,19?/m0/s1. The van der Waals surface area contributed by atoms with Gasteiger partial charge < -0.3 is 21.1 Å². The molecular formula is C21H25N3O3. The van der Waals surface area contributed by atoms with Gasteiger partial charge in [-0.2, -0.15) is 0 Å². The lowest BCUT2D eigenvalue weighted by Crippen LogP contribution is -2.47. The minimum atomic E-state index is -0.905. The van der Waals surface area contributed by atoms with E-state index in [4.69, 9.17) is 10.5 Å². The number of urea groups is 1. The normalized spacial score (nSPS) is 16.3. The van der Waals surface area contributed by atoms with Crippen molar-refractivity contribution < 1.29 is 14.3 Å². The molecule has 4 N–H and O–H groups in total. The third kappa shape index (κ3) is 5.08. The van der Waals surface area contributed by atoms with E-state index in [0.717, 1.165) is 24.0 Å². The van der Waals surface area contributed by atoms with Gasteiger partial charge in [0.15, 0.2) is 0 Å². The van der Waals surface area contributed by atoms with Gasteiger partial charge in [-0.25, -0.2) is 4.79 Å². The summed E-state index contributed by atoms with van der Waals surface area (Å²) in [5, 5.41) is 5.60. The molecule has 1 unspecified atom stereocenters. The fourth-order valence-corrected chi connectivity index (χ4v) is 3.23. The molecule has 2 atom stereocenters. The molecule has 0 heterocycles. The number of benzene rings is 2. The third-order valence-corrected chi connectivity index (χ3v) is 4.69. The number of carbonyl (C=O) groups is 2. The van der Waals surface area contributed by atoms with E-state index in [1.54, 1.807) is 0 Å². The first-order valence-corrected chi connectivity index (χ1v) is 9.13. The van der Waals surface area contributed by atoms with Crippen LogP contribution >= 0.6 is 0 Å². The SMILES string of the molecule is Cc1ccc2c(c1)CCC2NC(=O)NC[C@H](N)C(=O)OCc1ccccc1. The van der Waals surface area contributed by atoms with Gasteiger partial charge in [-0.15, -0.1) is 0 Å². The lowest BCUT2D eigenvalue weighted by Gasteiger charge is -2.17. The van der Waals surface area contributed by atoms with Crippen LogP contribution in [0.15, 0.2) is 48.5 Å². The summed E-state index contributed by atoms with van der Waals surface area (Å²) in [6.07, 6.45) is 1.82. The summed E-state index contributed by atoms with van der Waals surface area (Å²) in [5.41, 5.74) is 10.4. The van der Waals surface area contributed by atoms with Crippen LogP contribution in [0, 0.1) is 6.92 Å². The van der Waals surface area contributed by atoms with E-state index in [0.29, 0.717) is 0 Å². The smallest absolute Gasteiger partial charge is 0.325 e. The molecule has 3 rings (SSSR count). The fourth-order valence-electron chi connectivity index (χ4n) is 3.23. The molecule has 1 aliphatic carbocycles.